The predicted octanol–water partition coefficient (Wildman–Crippen LogP) is 3.49. The van der Waals surface area contributed by atoms with Gasteiger partial charge in [0.05, 0.1) is 18.4 Å². The number of hydrogen-bond donors (Lipinski definition) is 1. The first-order chi connectivity index (χ1) is 11.5. The number of benzene rings is 1. The van der Waals surface area contributed by atoms with Crippen LogP contribution in [-0.2, 0) is 16.6 Å². The van der Waals surface area contributed by atoms with E-state index in [9.17, 15) is 4.79 Å². The zero-order valence-electron chi connectivity index (χ0n) is 13.6. The van der Waals surface area contributed by atoms with E-state index in [2.05, 4.69) is 11.2 Å². The largest absolute Gasteiger partial charge is 0.483 e. The number of esters is 1. The van der Waals surface area contributed by atoms with Gasteiger partial charge in [0, 0.05) is 33.8 Å². The van der Waals surface area contributed by atoms with Crippen LogP contribution in [0.4, 0.5) is 0 Å². The van der Waals surface area contributed by atoms with Gasteiger partial charge in [-0.3, -0.25) is 9.48 Å². The van der Waals surface area contributed by atoms with Crippen LogP contribution in [-0.4, -0.2) is 33.9 Å². The van der Waals surface area contributed by atoms with Crippen LogP contribution in [0.2, 0.25) is 0 Å². The summed E-state index contributed by atoms with van der Waals surface area (Å²) in [5.41, 5.74) is 4.00. The topological polar surface area (TPSA) is 81.4 Å². The van der Waals surface area contributed by atoms with Crippen molar-refractivity contribution in [2.24, 2.45) is 7.05 Å². The van der Waals surface area contributed by atoms with Crippen molar-refractivity contribution in [1.29, 1.82) is 0 Å². The van der Waals surface area contributed by atoms with Crippen LogP contribution in [0.5, 0.6) is 0 Å². The zero-order chi connectivity index (χ0) is 17.7. The monoisotopic (exact) mass is 346 g/mol. The molecule has 126 valence electrons. The Balaban J connectivity index is 0.000000647. The maximum absolute atomic E-state index is 11.9. The molecule has 1 aromatic carbocycles. The van der Waals surface area contributed by atoms with Crippen molar-refractivity contribution in [2.75, 3.05) is 6.61 Å². The van der Waals surface area contributed by atoms with Crippen LogP contribution in [0.15, 0.2) is 29.8 Å². The minimum absolute atomic E-state index is 0.250. The second kappa shape index (κ2) is 7.74. The number of aromatic nitrogens is 2. The molecule has 3 rings (SSSR count). The van der Waals surface area contributed by atoms with Gasteiger partial charge in [-0.25, -0.2) is 4.79 Å². The van der Waals surface area contributed by atoms with Crippen LogP contribution in [0.3, 0.4) is 0 Å². The second-order valence-electron chi connectivity index (χ2n) is 4.95. The first-order valence-corrected chi connectivity index (χ1v) is 8.16. The standard InChI is InChI=1S/C16H16N2O2S.CH2O2/c1-4-20-16(19)14-9-21-15-7-11(5-6-12(14)15)13-8-17-18(3)10(13)2;2-1-3/h5-9H,4H2,1-3H3;1H,(H,2,3). The molecular weight excluding hydrogens is 328 g/mol. The summed E-state index contributed by atoms with van der Waals surface area (Å²) in [4.78, 5) is 20.3. The minimum Gasteiger partial charge on any atom is -0.483 e. The lowest BCUT2D eigenvalue weighted by molar-refractivity contribution is -0.122. The van der Waals surface area contributed by atoms with Gasteiger partial charge in [0.15, 0.2) is 0 Å². The van der Waals surface area contributed by atoms with Gasteiger partial charge in [0.1, 0.15) is 0 Å². The molecule has 1 N–H and O–H groups in total. The lowest BCUT2D eigenvalue weighted by Gasteiger charge is -2.03. The lowest BCUT2D eigenvalue weighted by Crippen LogP contribution is -2.03. The van der Waals surface area contributed by atoms with E-state index in [1.807, 2.05) is 49.3 Å². The molecule has 7 heteroatoms. The third-order valence-electron chi connectivity index (χ3n) is 3.62. The highest BCUT2D eigenvalue weighted by molar-refractivity contribution is 7.17. The average molecular weight is 346 g/mol. The van der Waals surface area contributed by atoms with E-state index < -0.39 is 0 Å². The third-order valence-corrected chi connectivity index (χ3v) is 4.56. The molecule has 0 unspecified atom stereocenters. The molecule has 24 heavy (non-hydrogen) atoms. The van der Waals surface area contributed by atoms with Crippen molar-refractivity contribution < 1.29 is 19.4 Å². The van der Waals surface area contributed by atoms with E-state index in [1.54, 1.807) is 11.3 Å². The summed E-state index contributed by atoms with van der Waals surface area (Å²) in [6.07, 6.45) is 1.87. The van der Waals surface area contributed by atoms with Crippen molar-refractivity contribution in [2.45, 2.75) is 13.8 Å². The van der Waals surface area contributed by atoms with Gasteiger partial charge in [-0.15, -0.1) is 11.3 Å². The van der Waals surface area contributed by atoms with E-state index in [-0.39, 0.29) is 12.4 Å². The molecule has 0 radical (unpaired) electrons. The number of fused-ring (bicyclic) bond motifs is 1. The molecule has 3 aromatic rings. The van der Waals surface area contributed by atoms with Crippen molar-refractivity contribution in [3.63, 3.8) is 0 Å². The summed E-state index contributed by atoms with van der Waals surface area (Å²) in [6.45, 7) is 4.00. The summed E-state index contributed by atoms with van der Waals surface area (Å²) in [5, 5.41) is 14.0. The van der Waals surface area contributed by atoms with Crippen LogP contribution in [0.25, 0.3) is 21.2 Å². The summed E-state index contributed by atoms with van der Waals surface area (Å²) in [7, 11) is 1.93. The van der Waals surface area contributed by atoms with Crippen LogP contribution in [0.1, 0.15) is 23.0 Å². The summed E-state index contributed by atoms with van der Waals surface area (Å²) >= 11 is 1.56. The number of rotatable bonds is 3. The molecule has 0 aliphatic rings. The van der Waals surface area contributed by atoms with E-state index in [4.69, 9.17) is 14.6 Å². The fraction of sp³-hybridized carbons (Fsp3) is 0.235. The number of ether oxygens (including phenoxy) is 1. The van der Waals surface area contributed by atoms with Crippen molar-refractivity contribution in [1.82, 2.24) is 9.78 Å². The molecule has 0 aliphatic heterocycles. The molecule has 6 nitrogen and oxygen atoms in total. The Labute approximate surface area is 143 Å². The fourth-order valence-corrected chi connectivity index (χ4v) is 3.31. The lowest BCUT2D eigenvalue weighted by atomic mass is 10.0. The average Bonchev–Trinajstić information content (AvgIpc) is 3.12. The Morgan fingerprint density at radius 3 is 2.75 bits per heavy atom. The molecule has 0 spiro atoms. The SMILES string of the molecule is CCOC(=O)c1csc2cc(-c3cnn(C)c3C)ccc12.O=CO. The molecule has 0 saturated heterocycles. The number of thiophene rings is 1. The number of carbonyl (C=O) groups is 2. The maximum atomic E-state index is 11.9. The van der Waals surface area contributed by atoms with Crippen LogP contribution < -0.4 is 0 Å². The molecule has 0 fully saturated rings. The third kappa shape index (κ3) is 3.46. The molecular formula is C17H18N2O4S. The van der Waals surface area contributed by atoms with Gasteiger partial charge in [-0.1, -0.05) is 12.1 Å². The van der Waals surface area contributed by atoms with Crippen LogP contribution >= 0.6 is 11.3 Å². The number of hydrogen-bond acceptors (Lipinski definition) is 5. The van der Waals surface area contributed by atoms with Gasteiger partial charge in [0.2, 0.25) is 0 Å². The van der Waals surface area contributed by atoms with Crippen molar-refractivity contribution >= 4 is 33.9 Å². The molecule has 0 saturated carbocycles. The van der Waals surface area contributed by atoms with E-state index in [0.29, 0.717) is 12.2 Å². The molecule has 0 atom stereocenters. The highest BCUT2D eigenvalue weighted by Crippen LogP contribution is 2.32. The zero-order valence-corrected chi connectivity index (χ0v) is 14.5. The summed E-state index contributed by atoms with van der Waals surface area (Å²) in [6, 6.07) is 6.12. The maximum Gasteiger partial charge on any atom is 0.339 e. The minimum atomic E-state index is -0.256. The molecule has 0 amide bonds. The first kappa shape index (κ1) is 17.7. The number of carboxylic acid groups (broad SMARTS) is 1. The Hall–Kier alpha value is -2.67. The van der Waals surface area contributed by atoms with E-state index in [0.717, 1.165) is 26.9 Å². The quantitative estimate of drug-likeness (QED) is 0.580. The number of aryl methyl sites for hydroxylation is 1. The van der Waals surface area contributed by atoms with Gasteiger partial charge in [-0.05, 0) is 25.5 Å². The Morgan fingerprint density at radius 2 is 2.17 bits per heavy atom. The highest BCUT2D eigenvalue weighted by Gasteiger charge is 2.14. The van der Waals surface area contributed by atoms with Crippen LogP contribution in [0, 0.1) is 6.92 Å². The summed E-state index contributed by atoms with van der Waals surface area (Å²) in [5.74, 6) is -0.256. The van der Waals surface area contributed by atoms with Gasteiger partial charge in [0.25, 0.3) is 6.47 Å². The number of nitrogens with zero attached hydrogens (tertiary/aromatic N) is 2. The van der Waals surface area contributed by atoms with Gasteiger partial charge in [-0.2, -0.15) is 5.10 Å². The fourth-order valence-electron chi connectivity index (χ4n) is 2.34. The van der Waals surface area contributed by atoms with E-state index >= 15 is 0 Å². The number of carbonyl (C=O) groups excluding carboxylic acids is 1. The molecule has 0 aliphatic carbocycles. The first-order valence-electron chi connectivity index (χ1n) is 7.28. The van der Waals surface area contributed by atoms with Crippen molar-refractivity contribution in [3.05, 3.63) is 41.0 Å². The Kier molecular flexibility index (Phi) is 5.70. The normalized spacial score (nSPS) is 10.1. The molecule has 2 aromatic heterocycles. The van der Waals surface area contributed by atoms with Gasteiger partial charge < -0.3 is 9.84 Å². The Morgan fingerprint density at radius 1 is 1.46 bits per heavy atom. The second-order valence-corrected chi connectivity index (χ2v) is 5.86. The highest BCUT2D eigenvalue weighted by atomic mass is 32.1. The van der Waals surface area contributed by atoms with Crippen molar-refractivity contribution in [3.8, 4) is 11.1 Å². The van der Waals surface area contributed by atoms with E-state index in [1.165, 1.54) is 0 Å². The smallest absolute Gasteiger partial charge is 0.339 e. The van der Waals surface area contributed by atoms with Gasteiger partial charge >= 0.3 is 5.97 Å². The predicted molar refractivity (Wildman–Crippen MR) is 93.4 cm³/mol. The Bertz CT molecular complexity index is 867. The summed E-state index contributed by atoms with van der Waals surface area (Å²) < 4.78 is 8.03. The molecule has 0 bridgehead atoms. The molecule has 2 heterocycles.